The van der Waals surface area contributed by atoms with Gasteiger partial charge >= 0.3 is 0 Å². The van der Waals surface area contributed by atoms with E-state index in [-0.39, 0.29) is 24.0 Å². The summed E-state index contributed by atoms with van der Waals surface area (Å²) in [5.41, 5.74) is 2.32. The number of guanidine groups is 1. The van der Waals surface area contributed by atoms with Crippen LogP contribution in [-0.2, 0) is 6.54 Å². The highest BCUT2D eigenvalue weighted by Gasteiger charge is 2.19. The molecule has 1 aliphatic heterocycles. The van der Waals surface area contributed by atoms with E-state index in [0.717, 1.165) is 18.2 Å². The van der Waals surface area contributed by atoms with Crippen molar-refractivity contribution < 1.29 is 0 Å². The highest BCUT2D eigenvalue weighted by Crippen LogP contribution is 2.15. The molecule has 3 rings (SSSR count). The molecule has 0 atom stereocenters. The Balaban J connectivity index is 0.00000243. The fourth-order valence-corrected chi connectivity index (χ4v) is 3.51. The molecule has 144 valence electrons. The number of benzene rings is 1. The van der Waals surface area contributed by atoms with E-state index < -0.39 is 0 Å². The minimum atomic E-state index is 0. The summed E-state index contributed by atoms with van der Waals surface area (Å²) in [5.74, 6) is 0.926. The number of H-pyrrole nitrogens is 1. The van der Waals surface area contributed by atoms with Gasteiger partial charge in [0.1, 0.15) is 0 Å². The number of rotatable bonds is 6. The van der Waals surface area contributed by atoms with Crippen LogP contribution in [0.2, 0.25) is 0 Å². The third-order valence-electron chi connectivity index (χ3n) is 4.81. The van der Waals surface area contributed by atoms with Crippen molar-refractivity contribution in [3.63, 3.8) is 0 Å². The SMILES string of the molecule is CCCN1CCC(NC(=NCc2cc3ccccc3[nH]2)NCC)CC1.I. The number of fused-ring (bicyclic) bond motifs is 1. The molecule has 1 saturated heterocycles. The van der Waals surface area contributed by atoms with E-state index >= 15 is 0 Å². The van der Waals surface area contributed by atoms with Crippen LogP contribution in [0.4, 0.5) is 0 Å². The molecule has 1 aliphatic rings. The summed E-state index contributed by atoms with van der Waals surface area (Å²) in [6, 6.07) is 11.1. The van der Waals surface area contributed by atoms with Crippen molar-refractivity contribution in [2.75, 3.05) is 26.2 Å². The van der Waals surface area contributed by atoms with Gasteiger partial charge in [-0.1, -0.05) is 25.1 Å². The second kappa shape index (κ2) is 10.8. The largest absolute Gasteiger partial charge is 0.357 e. The summed E-state index contributed by atoms with van der Waals surface area (Å²) in [7, 11) is 0. The first-order chi connectivity index (χ1) is 12.3. The molecule has 1 aromatic carbocycles. The number of nitrogens with one attached hydrogen (secondary N) is 3. The second-order valence-corrected chi connectivity index (χ2v) is 6.84. The molecule has 2 aromatic rings. The van der Waals surface area contributed by atoms with Crippen molar-refractivity contribution in [1.82, 2.24) is 20.5 Å². The van der Waals surface area contributed by atoms with E-state index in [1.165, 1.54) is 49.8 Å². The molecule has 0 aliphatic carbocycles. The predicted molar refractivity (Wildman–Crippen MR) is 121 cm³/mol. The van der Waals surface area contributed by atoms with Crippen LogP contribution in [0.25, 0.3) is 10.9 Å². The lowest BCUT2D eigenvalue weighted by Gasteiger charge is -2.32. The van der Waals surface area contributed by atoms with Gasteiger partial charge in [0, 0.05) is 36.9 Å². The van der Waals surface area contributed by atoms with Gasteiger partial charge in [-0.25, -0.2) is 4.99 Å². The van der Waals surface area contributed by atoms with Crippen LogP contribution in [0.3, 0.4) is 0 Å². The number of aliphatic imine (C=N–C) groups is 1. The van der Waals surface area contributed by atoms with Gasteiger partial charge < -0.3 is 20.5 Å². The zero-order valence-corrected chi connectivity index (χ0v) is 18.3. The van der Waals surface area contributed by atoms with Crippen LogP contribution in [0.15, 0.2) is 35.3 Å². The molecule has 0 unspecified atom stereocenters. The van der Waals surface area contributed by atoms with Crippen molar-refractivity contribution in [1.29, 1.82) is 0 Å². The lowest BCUT2D eigenvalue weighted by atomic mass is 10.1. The summed E-state index contributed by atoms with van der Waals surface area (Å²) in [6.07, 6.45) is 3.63. The fourth-order valence-electron chi connectivity index (χ4n) is 3.51. The van der Waals surface area contributed by atoms with E-state index in [0.29, 0.717) is 12.6 Å². The van der Waals surface area contributed by atoms with E-state index in [2.05, 4.69) is 64.7 Å². The van der Waals surface area contributed by atoms with Crippen molar-refractivity contribution in [2.45, 2.75) is 45.7 Å². The second-order valence-electron chi connectivity index (χ2n) is 6.84. The maximum Gasteiger partial charge on any atom is 0.191 e. The zero-order valence-electron chi connectivity index (χ0n) is 15.9. The standard InChI is InChI=1S/C20H31N5.HI/c1-3-11-25-12-9-17(10-13-25)24-20(21-4-2)22-15-18-14-16-7-5-6-8-19(16)23-18;/h5-8,14,17,23H,3-4,9-13,15H2,1-2H3,(H2,21,22,24);1H. The Labute approximate surface area is 174 Å². The Morgan fingerprint density at radius 2 is 2.00 bits per heavy atom. The molecule has 3 N–H and O–H groups in total. The van der Waals surface area contributed by atoms with Crippen LogP contribution < -0.4 is 10.6 Å². The van der Waals surface area contributed by atoms with Gasteiger partial charge in [-0.2, -0.15) is 0 Å². The van der Waals surface area contributed by atoms with E-state index in [1.807, 2.05) is 0 Å². The summed E-state index contributed by atoms with van der Waals surface area (Å²) in [4.78, 5) is 10.8. The molecule has 26 heavy (non-hydrogen) atoms. The van der Waals surface area contributed by atoms with Gasteiger partial charge in [-0.05, 0) is 50.2 Å². The molecule has 2 heterocycles. The molecular weight excluding hydrogens is 437 g/mol. The van der Waals surface area contributed by atoms with E-state index in [1.54, 1.807) is 0 Å². The van der Waals surface area contributed by atoms with Crippen LogP contribution in [-0.4, -0.2) is 48.1 Å². The lowest BCUT2D eigenvalue weighted by Crippen LogP contribution is -2.48. The van der Waals surface area contributed by atoms with Gasteiger partial charge in [-0.3, -0.25) is 0 Å². The predicted octanol–water partition coefficient (Wildman–Crippen LogP) is 3.72. The number of likely N-dealkylation sites (tertiary alicyclic amines) is 1. The quantitative estimate of drug-likeness (QED) is 0.344. The molecule has 0 bridgehead atoms. The number of para-hydroxylation sites is 1. The fraction of sp³-hybridized carbons (Fsp3) is 0.550. The number of aromatic nitrogens is 1. The first-order valence-corrected chi connectivity index (χ1v) is 9.62. The van der Waals surface area contributed by atoms with Crippen molar-refractivity contribution in [2.24, 2.45) is 4.99 Å². The summed E-state index contributed by atoms with van der Waals surface area (Å²) < 4.78 is 0. The van der Waals surface area contributed by atoms with Gasteiger partial charge in [0.2, 0.25) is 0 Å². The van der Waals surface area contributed by atoms with Crippen LogP contribution in [0.5, 0.6) is 0 Å². The average Bonchev–Trinajstić information content (AvgIpc) is 3.05. The summed E-state index contributed by atoms with van der Waals surface area (Å²) >= 11 is 0. The molecular formula is C20H32IN5. The molecule has 1 fully saturated rings. The van der Waals surface area contributed by atoms with Gasteiger partial charge in [0.25, 0.3) is 0 Å². The lowest BCUT2D eigenvalue weighted by molar-refractivity contribution is 0.206. The van der Waals surface area contributed by atoms with Crippen molar-refractivity contribution in [3.05, 3.63) is 36.0 Å². The highest BCUT2D eigenvalue weighted by atomic mass is 127. The molecule has 6 heteroatoms. The summed E-state index contributed by atoms with van der Waals surface area (Å²) in [6.45, 7) is 9.52. The number of nitrogens with zero attached hydrogens (tertiary/aromatic N) is 2. The average molecular weight is 469 g/mol. The van der Waals surface area contributed by atoms with Crippen molar-refractivity contribution >= 4 is 40.8 Å². The van der Waals surface area contributed by atoms with E-state index in [4.69, 9.17) is 4.99 Å². The molecule has 5 nitrogen and oxygen atoms in total. The normalized spacial score (nSPS) is 16.5. The number of hydrogen-bond donors (Lipinski definition) is 3. The number of aromatic amines is 1. The topological polar surface area (TPSA) is 55.5 Å². The molecule has 0 radical (unpaired) electrons. The van der Waals surface area contributed by atoms with Gasteiger partial charge in [-0.15, -0.1) is 24.0 Å². The summed E-state index contributed by atoms with van der Waals surface area (Å²) in [5, 5.41) is 8.25. The first kappa shape index (κ1) is 21.0. The Kier molecular flexibility index (Phi) is 8.71. The molecule has 0 saturated carbocycles. The Morgan fingerprint density at radius 1 is 1.23 bits per heavy atom. The Morgan fingerprint density at radius 3 is 2.69 bits per heavy atom. The third kappa shape index (κ3) is 5.87. The van der Waals surface area contributed by atoms with Crippen LogP contribution in [0.1, 0.15) is 38.8 Å². The van der Waals surface area contributed by atoms with E-state index in [9.17, 15) is 0 Å². The van der Waals surface area contributed by atoms with Crippen molar-refractivity contribution in [3.8, 4) is 0 Å². The smallest absolute Gasteiger partial charge is 0.191 e. The number of hydrogen-bond acceptors (Lipinski definition) is 2. The number of piperidine rings is 1. The zero-order chi connectivity index (χ0) is 17.5. The molecule has 0 spiro atoms. The van der Waals surface area contributed by atoms with Gasteiger partial charge in [0.05, 0.1) is 6.54 Å². The maximum atomic E-state index is 4.78. The number of halogens is 1. The van der Waals surface area contributed by atoms with Crippen LogP contribution in [0, 0.1) is 0 Å². The molecule has 0 amide bonds. The Bertz CT molecular complexity index is 655. The monoisotopic (exact) mass is 469 g/mol. The highest BCUT2D eigenvalue weighted by molar-refractivity contribution is 14.0. The minimum Gasteiger partial charge on any atom is -0.357 e. The van der Waals surface area contributed by atoms with Gasteiger partial charge in [0.15, 0.2) is 5.96 Å². The third-order valence-corrected chi connectivity index (χ3v) is 4.81. The van der Waals surface area contributed by atoms with Crippen LogP contribution >= 0.6 is 24.0 Å². The molecule has 1 aromatic heterocycles. The minimum absolute atomic E-state index is 0. The Hall–Kier alpha value is -1.28. The maximum absolute atomic E-state index is 4.78. The first-order valence-electron chi connectivity index (χ1n) is 9.62.